The van der Waals surface area contributed by atoms with E-state index in [9.17, 15) is 0 Å². The van der Waals surface area contributed by atoms with Crippen LogP contribution in [-0.2, 0) is 9.47 Å². The molecule has 2 nitrogen and oxygen atoms in total. The van der Waals surface area contributed by atoms with Gasteiger partial charge in [0.05, 0.1) is 0 Å². The Kier molecular flexibility index (Phi) is 2.49. The van der Waals surface area contributed by atoms with Gasteiger partial charge in [-0.2, -0.15) is 0 Å². The number of hydrogen-bond acceptors (Lipinski definition) is 2. The Morgan fingerprint density at radius 3 is 2.80 bits per heavy atom. The molecule has 1 rings (SSSR count). The van der Waals surface area contributed by atoms with Gasteiger partial charge in [-0.25, -0.2) is 0 Å². The van der Waals surface area contributed by atoms with Gasteiger partial charge in [-0.3, -0.25) is 0 Å². The van der Waals surface area contributed by atoms with Gasteiger partial charge in [-0.1, -0.05) is 0 Å². The Morgan fingerprint density at radius 1 is 1.70 bits per heavy atom. The van der Waals surface area contributed by atoms with E-state index in [0.29, 0.717) is 6.61 Å². The van der Waals surface area contributed by atoms with Crippen molar-refractivity contribution >= 4 is 8.04 Å². The van der Waals surface area contributed by atoms with Gasteiger partial charge in [0.15, 0.2) is 0 Å². The van der Waals surface area contributed by atoms with Crippen LogP contribution < -0.4 is 0 Å². The molecule has 0 spiro atoms. The molecule has 0 amide bonds. The third-order valence-electron chi connectivity index (χ3n) is 1.38. The van der Waals surface area contributed by atoms with Crippen molar-refractivity contribution in [2.75, 3.05) is 12.8 Å². The number of hydrogen-bond donors (Lipinski definition) is 0. The summed E-state index contributed by atoms with van der Waals surface area (Å²) in [4.78, 5) is 0. The molecule has 1 saturated heterocycles. The van der Waals surface area contributed by atoms with Crippen LogP contribution in [0.3, 0.4) is 0 Å². The maximum absolute atomic E-state index is 5.48. The van der Waals surface area contributed by atoms with Crippen molar-refractivity contribution < 1.29 is 9.47 Å². The Bertz CT molecular complexity index is 159. The van der Waals surface area contributed by atoms with Crippen LogP contribution in [0.25, 0.3) is 0 Å². The Labute approximate surface area is 63.0 Å². The number of ether oxygens (including phenoxy) is 2. The summed E-state index contributed by atoms with van der Waals surface area (Å²) in [5, 5.41) is 0. The van der Waals surface area contributed by atoms with Gasteiger partial charge in [0, 0.05) is 0 Å². The summed E-state index contributed by atoms with van der Waals surface area (Å²) in [7, 11) is 0.879. The van der Waals surface area contributed by atoms with Crippen LogP contribution >= 0.6 is 8.04 Å². The zero-order valence-electron chi connectivity index (χ0n) is 6.33. The van der Waals surface area contributed by atoms with Crippen LogP contribution in [0.15, 0.2) is 0 Å². The molecule has 1 atom stereocenters. The van der Waals surface area contributed by atoms with Crippen LogP contribution in [0.5, 0.6) is 0 Å². The van der Waals surface area contributed by atoms with Crippen LogP contribution in [0.4, 0.5) is 0 Å². The zero-order valence-corrected chi connectivity index (χ0v) is 7.23. The van der Waals surface area contributed by atoms with Gasteiger partial charge in [0.1, 0.15) is 0 Å². The number of rotatable bonds is 1. The summed E-state index contributed by atoms with van der Waals surface area (Å²) in [6, 6.07) is 0. The van der Waals surface area contributed by atoms with E-state index in [1.807, 2.05) is 13.8 Å². The Hall–Kier alpha value is 0.130. The fourth-order valence-electron chi connectivity index (χ4n) is 0.971. The summed E-state index contributed by atoms with van der Waals surface area (Å²) in [6.45, 7) is 4.51. The van der Waals surface area contributed by atoms with E-state index in [4.69, 9.17) is 15.6 Å². The quantitative estimate of drug-likeness (QED) is 0.542. The van der Waals surface area contributed by atoms with Crippen molar-refractivity contribution in [2.24, 2.45) is 0 Å². The average molecular weight is 159 g/mol. The van der Waals surface area contributed by atoms with E-state index in [1.165, 1.54) is 0 Å². The van der Waals surface area contributed by atoms with Gasteiger partial charge in [-0.15, -0.1) is 0 Å². The molecule has 1 aliphatic rings. The summed E-state index contributed by atoms with van der Waals surface area (Å²) in [6.07, 6.45) is 6.39. The van der Waals surface area contributed by atoms with Crippen molar-refractivity contribution in [3.63, 3.8) is 0 Å². The molecule has 10 heavy (non-hydrogen) atoms. The van der Waals surface area contributed by atoms with Crippen LogP contribution in [-0.4, -0.2) is 24.7 Å². The fraction of sp³-hybridized carbons (Fsp3) is 0.857. The van der Waals surface area contributed by atoms with Crippen LogP contribution in [0.2, 0.25) is 0 Å². The SMILES string of the molecule is C#[P+]CC1COC(C)(C)O1. The summed E-state index contributed by atoms with van der Waals surface area (Å²) < 4.78 is 10.8. The Morgan fingerprint density at radius 2 is 2.40 bits per heavy atom. The second-order valence-corrected chi connectivity index (χ2v) is 3.55. The van der Waals surface area contributed by atoms with Gasteiger partial charge < -0.3 is 0 Å². The Balaban J connectivity index is 2.38. The minimum atomic E-state index is -0.393. The van der Waals surface area contributed by atoms with Gasteiger partial charge >= 0.3 is 62.1 Å². The molecule has 0 N–H and O–H groups in total. The summed E-state index contributed by atoms with van der Waals surface area (Å²) in [5.41, 5.74) is 0. The molecule has 0 saturated carbocycles. The minimum absolute atomic E-state index is 0.196. The van der Waals surface area contributed by atoms with Gasteiger partial charge in [0.2, 0.25) is 0 Å². The van der Waals surface area contributed by atoms with E-state index >= 15 is 0 Å². The summed E-state index contributed by atoms with van der Waals surface area (Å²) in [5.74, 6) is -0.393. The molecule has 0 radical (unpaired) electrons. The topological polar surface area (TPSA) is 18.5 Å². The molecular formula is C7H12O2P+. The molecule has 1 fully saturated rings. The second-order valence-electron chi connectivity index (χ2n) is 2.82. The zero-order chi connectivity index (χ0) is 7.61. The van der Waals surface area contributed by atoms with Crippen molar-refractivity contribution in [1.29, 1.82) is 0 Å². The standard InChI is InChI=1S/C7H12O2P/c1-7(2)8-4-6(9-7)5-10-3/h3,6H,4-5H2,1-2H3/q+1. The van der Waals surface area contributed by atoms with Crippen molar-refractivity contribution in [3.8, 4) is 6.13 Å². The monoisotopic (exact) mass is 159 g/mol. The first-order valence-electron chi connectivity index (χ1n) is 3.32. The molecule has 56 valence electrons. The molecule has 1 unspecified atom stereocenters. The molecule has 0 aromatic carbocycles. The van der Waals surface area contributed by atoms with Crippen molar-refractivity contribution in [3.05, 3.63) is 0 Å². The first kappa shape index (κ1) is 8.23. The van der Waals surface area contributed by atoms with Gasteiger partial charge in [0.25, 0.3) is 0 Å². The maximum atomic E-state index is 5.48. The molecule has 0 aromatic rings. The average Bonchev–Trinajstić information content (AvgIpc) is 2.12. The fourth-order valence-corrected chi connectivity index (χ4v) is 1.39. The van der Waals surface area contributed by atoms with E-state index < -0.39 is 5.79 Å². The van der Waals surface area contributed by atoms with E-state index in [2.05, 4.69) is 0 Å². The third-order valence-corrected chi connectivity index (χ3v) is 1.99. The van der Waals surface area contributed by atoms with E-state index in [0.717, 1.165) is 14.2 Å². The predicted molar refractivity (Wildman–Crippen MR) is 41.6 cm³/mol. The molecular weight excluding hydrogens is 147 g/mol. The first-order valence-corrected chi connectivity index (χ1v) is 4.47. The van der Waals surface area contributed by atoms with Crippen molar-refractivity contribution in [1.82, 2.24) is 0 Å². The summed E-state index contributed by atoms with van der Waals surface area (Å²) >= 11 is 0. The predicted octanol–water partition coefficient (Wildman–Crippen LogP) is 1.67. The molecule has 0 bridgehead atoms. The van der Waals surface area contributed by atoms with E-state index in [1.54, 1.807) is 0 Å². The van der Waals surface area contributed by atoms with Crippen LogP contribution in [0, 0.1) is 6.13 Å². The van der Waals surface area contributed by atoms with Crippen LogP contribution in [0.1, 0.15) is 13.8 Å². The normalized spacial score (nSPS) is 30.3. The molecule has 1 heterocycles. The van der Waals surface area contributed by atoms with Crippen molar-refractivity contribution in [2.45, 2.75) is 25.7 Å². The third kappa shape index (κ3) is 2.07. The molecule has 3 heteroatoms. The van der Waals surface area contributed by atoms with Gasteiger partial charge in [-0.05, 0) is 0 Å². The molecule has 0 aliphatic carbocycles. The molecule has 0 aromatic heterocycles. The first-order chi connectivity index (χ1) is 4.64. The second kappa shape index (κ2) is 3.02. The van der Waals surface area contributed by atoms with E-state index in [-0.39, 0.29) is 6.10 Å². The molecule has 1 aliphatic heterocycles.